The molecule has 98 valence electrons. The van der Waals surface area contributed by atoms with Crippen LogP contribution in [-0.4, -0.2) is 30.9 Å². The Balaban J connectivity index is 2.44. The molecule has 1 aromatic rings. The molecule has 0 unspecified atom stereocenters. The smallest absolute Gasteiger partial charge is 0.133 e. The van der Waals surface area contributed by atoms with E-state index in [-0.39, 0.29) is 6.04 Å². The van der Waals surface area contributed by atoms with Crippen molar-refractivity contribution in [3.63, 3.8) is 0 Å². The average Bonchev–Trinajstić information content (AvgIpc) is 2.75. The van der Waals surface area contributed by atoms with E-state index in [0.717, 1.165) is 25.3 Å². The predicted octanol–water partition coefficient (Wildman–Crippen LogP) is 1.75. The number of nitriles is 1. The summed E-state index contributed by atoms with van der Waals surface area (Å²) < 4.78 is 7.42. The van der Waals surface area contributed by atoms with E-state index in [1.165, 1.54) is 0 Å². The van der Waals surface area contributed by atoms with Crippen LogP contribution in [0.15, 0.2) is 6.07 Å². The Morgan fingerprint density at radius 1 is 1.50 bits per heavy atom. The highest BCUT2D eigenvalue weighted by atomic mass is 16.5. The van der Waals surface area contributed by atoms with Crippen LogP contribution in [0.5, 0.6) is 0 Å². The molecule has 1 aliphatic rings. The topological polar surface area (TPSA) is 67.2 Å². The summed E-state index contributed by atoms with van der Waals surface area (Å²) in [4.78, 5) is 2.21. The standard InChI is InChI=1S/C13H20N4O/c1-3-10(2)17-11(9-14)8-12(15)13(17)16-4-6-18-7-5-16/h8,10H,3-7,15H2,1-2H3/t10-/m0/s1. The number of hydrogen-bond donors (Lipinski definition) is 1. The molecule has 1 atom stereocenters. The second-order valence-corrected chi connectivity index (χ2v) is 4.65. The molecule has 18 heavy (non-hydrogen) atoms. The number of morpholine rings is 1. The van der Waals surface area contributed by atoms with Crippen molar-refractivity contribution in [3.05, 3.63) is 11.8 Å². The minimum absolute atomic E-state index is 0.273. The van der Waals surface area contributed by atoms with Crippen LogP contribution < -0.4 is 10.6 Å². The first kappa shape index (κ1) is 12.8. The van der Waals surface area contributed by atoms with E-state index >= 15 is 0 Å². The molecule has 2 rings (SSSR count). The SMILES string of the molecule is CC[C@H](C)n1c(C#N)cc(N)c1N1CCOCC1. The zero-order valence-corrected chi connectivity index (χ0v) is 11.0. The number of aromatic nitrogens is 1. The van der Waals surface area contributed by atoms with Gasteiger partial charge in [0.05, 0.1) is 18.9 Å². The Kier molecular flexibility index (Phi) is 3.78. The van der Waals surface area contributed by atoms with Crippen molar-refractivity contribution in [2.45, 2.75) is 26.3 Å². The summed E-state index contributed by atoms with van der Waals surface area (Å²) in [5, 5.41) is 9.23. The largest absolute Gasteiger partial charge is 0.396 e. The lowest BCUT2D eigenvalue weighted by atomic mass is 10.2. The fraction of sp³-hybridized carbons (Fsp3) is 0.615. The molecule has 0 spiro atoms. The highest BCUT2D eigenvalue weighted by molar-refractivity contribution is 5.68. The second kappa shape index (κ2) is 5.32. The molecular weight excluding hydrogens is 228 g/mol. The Morgan fingerprint density at radius 3 is 2.72 bits per heavy atom. The van der Waals surface area contributed by atoms with Crippen molar-refractivity contribution in [2.24, 2.45) is 0 Å². The Hall–Kier alpha value is -1.67. The number of ether oxygens (including phenoxy) is 1. The summed E-state index contributed by atoms with van der Waals surface area (Å²) in [5.74, 6) is 0.976. The summed E-state index contributed by atoms with van der Waals surface area (Å²) in [5.41, 5.74) is 7.42. The lowest BCUT2D eigenvalue weighted by molar-refractivity contribution is 0.122. The van der Waals surface area contributed by atoms with Crippen LogP contribution >= 0.6 is 0 Å². The zero-order valence-electron chi connectivity index (χ0n) is 11.0. The zero-order chi connectivity index (χ0) is 13.1. The third kappa shape index (κ3) is 2.16. The quantitative estimate of drug-likeness (QED) is 0.885. The fourth-order valence-corrected chi connectivity index (χ4v) is 2.36. The van der Waals surface area contributed by atoms with Crippen LogP contribution in [0.4, 0.5) is 11.5 Å². The Morgan fingerprint density at radius 2 is 2.17 bits per heavy atom. The first-order chi connectivity index (χ1) is 8.69. The summed E-state index contributed by atoms with van der Waals surface area (Å²) in [6.07, 6.45) is 0.972. The van der Waals surface area contributed by atoms with Crippen molar-refractivity contribution in [3.8, 4) is 6.07 Å². The van der Waals surface area contributed by atoms with Crippen molar-refractivity contribution in [2.75, 3.05) is 36.9 Å². The first-order valence-electron chi connectivity index (χ1n) is 6.42. The normalized spacial score (nSPS) is 17.5. The predicted molar refractivity (Wildman–Crippen MR) is 71.6 cm³/mol. The molecule has 5 heteroatoms. The maximum atomic E-state index is 9.23. The molecule has 1 fully saturated rings. The number of nitrogens with two attached hydrogens (primary N) is 1. The first-order valence-corrected chi connectivity index (χ1v) is 6.42. The van der Waals surface area contributed by atoms with Gasteiger partial charge in [-0.2, -0.15) is 5.26 Å². The minimum Gasteiger partial charge on any atom is -0.396 e. The van der Waals surface area contributed by atoms with Gasteiger partial charge >= 0.3 is 0 Å². The van der Waals surface area contributed by atoms with Gasteiger partial charge in [0, 0.05) is 19.1 Å². The van der Waals surface area contributed by atoms with Crippen molar-refractivity contribution >= 4 is 11.5 Å². The van der Waals surface area contributed by atoms with Gasteiger partial charge in [-0.3, -0.25) is 0 Å². The molecule has 5 nitrogen and oxygen atoms in total. The maximum Gasteiger partial charge on any atom is 0.133 e. The van der Waals surface area contributed by atoms with Gasteiger partial charge in [-0.1, -0.05) is 6.92 Å². The van der Waals surface area contributed by atoms with Crippen LogP contribution in [0.2, 0.25) is 0 Å². The van der Waals surface area contributed by atoms with Crippen molar-refractivity contribution in [1.82, 2.24) is 4.57 Å². The number of rotatable bonds is 3. The molecule has 1 saturated heterocycles. The third-order valence-electron chi connectivity index (χ3n) is 3.49. The molecular formula is C13H20N4O. The summed E-state index contributed by atoms with van der Waals surface area (Å²) in [6, 6.07) is 4.28. The van der Waals surface area contributed by atoms with Gasteiger partial charge in [-0.25, -0.2) is 0 Å². The highest BCUT2D eigenvalue weighted by Crippen LogP contribution is 2.32. The van der Waals surface area contributed by atoms with Gasteiger partial charge in [0.25, 0.3) is 0 Å². The van der Waals surface area contributed by atoms with Crippen LogP contribution in [-0.2, 0) is 4.74 Å². The van der Waals surface area contributed by atoms with E-state index in [1.807, 2.05) is 0 Å². The van der Waals surface area contributed by atoms with E-state index in [0.29, 0.717) is 24.6 Å². The number of nitrogens with zero attached hydrogens (tertiary/aromatic N) is 3. The van der Waals surface area contributed by atoms with Gasteiger partial charge in [-0.05, 0) is 19.4 Å². The second-order valence-electron chi connectivity index (χ2n) is 4.65. The molecule has 0 bridgehead atoms. The summed E-state index contributed by atoms with van der Waals surface area (Å²) in [7, 11) is 0. The van der Waals surface area contributed by atoms with Gasteiger partial charge in [0.2, 0.25) is 0 Å². The maximum absolute atomic E-state index is 9.23. The van der Waals surface area contributed by atoms with Gasteiger partial charge in [0.15, 0.2) is 0 Å². The number of nitrogen functional groups attached to an aromatic ring is 1. The third-order valence-corrected chi connectivity index (χ3v) is 3.49. The fourth-order valence-electron chi connectivity index (χ4n) is 2.36. The lowest BCUT2D eigenvalue weighted by Crippen LogP contribution is -2.38. The molecule has 0 amide bonds. The minimum atomic E-state index is 0.273. The van der Waals surface area contributed by atoms with E-state index < -0.39 is 0 Å². The number of anilines is 2. The lowest BCUT2D eigenvalue weighted by Gasteiger charge is -2.31. The van der Waals surface area contributed by atoms with Crippen LogP contribution in [0.1, 0.15) is 32.0 Å². The monoisotopic (exact) mass is 248 g/mol. The van der Waals surface area contributed by atoms with E-state index in [1.54, 1.807) is 6.07 Å². The van der Waals surface area contributed by atoms with E-state index in [2.05, 4.69) is 29.4 Å². The van der Waals surface area contributed by atoms with Crippen LogP contribution in [0, 0.1) is 11.3 Å². The van der Waals surface area contributed by atoms with Crippen LogP contribution in [0.3, 0.4) is 0 Å². The Bertz CT molecular complexity index is 454. The number of hydrogen-bond acceptors (Lipinski definition) is 4. The van der Waals surface area contributed by atoms with Crippen LogP contribution in [0.25, 0.3) is 0 Å². The summed E-state index contributed by atoms with van der Waals surface area (Å²) in [6.45, 7) is 7.32. The van der Waals surface area contributed by atoms with Gasteiger partial charge in [0.1, 0.15) is 17.6 Å². The molecule has 2 heterocycles. The molecule has 0 radical (unpaired) electrons. The average molecular weight is 248 g/mol. The highest BCUT2D eigenvalue weighted by Gasteiger charge is 2.23. The molecule has 0 saturated carbocycles. The molecule has 0 aliphatic carbocycles. The molecule has 1 aliphatic heterocycles. The van der Waals surface area contributed by atoms with Gasteiger partial charge in [-0.15, -0.1) is 0 Å². The van der Waals surface area contributed by atoms with E-state index in [9.17, 15) is 5.26 Å². The molecule has 0 aromatic carbocycles. The Labute approximate surface area is 108 Å². The van der Waals surface area contributed by atoms with Crippen molar-refractivity contribution in [1.29, 1.82) is 5.26 Å². The molecule has 2 N–H and O–H groups in total. The van der Waals surface area contributed by atoms with Crippen molar-refractivity contribution < 1.29 is 4.74 Å². The van der Waals surface area contributed by atoms with Gasteiger partial charge < -0.3 is 19.9 Å². The van der Waals surface area contributed by atoms with E-state index in [4.69, 9.17) is 10.5 Å². The summed E-state index contributed by atoms with van der Waals surface area (Å²) >= 11 is 0. The molecule has 1 aromatic heterocycles.